The summed E-state index contributed by atoms with van der Waals surface area (Å²) in [7, 11) is -5.29. The molecule has 1 amide bonds. The number of amides is 1. The van der Waals surface area contributed by atoms with Crippen LogP contribution in [0.4, 0.5) is 5.82 Å². The van der Waals surface area contributed by atoms with Crippen LogP contribution in [0.25, 0.3) is 27.8 Å². The summed E-state index contributed by atoms with van der Waals surface area (Å²) >= 11 is 0. The van der Waals surface area contributed by atoms with Crippen LogP contribution in [-0.4, -0.2) is 66.0 Å². The second-order valence-corrected chi connectivity index (χ2v) is 15.0. The Labute approximate surface area is 257 Å². The molecule has 44 heavy (non-hydrogen) atoms. The normalized spacial score (nSPS) is 13.1. The number of carbonyl (C=O) groups excluding carboxylic acids is 1. The van der Waals surface area contributed by atoms with Gasteiger partial charge in [-0.05, 0) is 63.1 Å². The predicted octanol–water partition coefficient (Wildman–Crippen LogP) is 6.34. The largest absolute Gasteiger partial charge is 0.497 e. The number of fused-ring (bicyclic) bond motifs is 1. The molecule has 0 bridgehead atoms. The van der Waals surface area contributed by atoms with Gasteiger partial charge in [-0.3, -0.25) is 13.9 Å². The van der Waals surface area contributed by atoms with Crippen LogP contribution in [0.15, 0.2) is 61.1 Å². The van der Waals surface area contributed by atoms with Crippen molar-refractivity contribution in [1.29, 1.82) is 0 Å². The Morgan fingerprint density at radius 3 is 2.41 bits per heavy atom. The predicted molar refractivity (Wildman–Crippen MR) is 172 cm³/mol. The first-order valence-corrected chi connectivity index (χ1v) is 18.1. The van der Waals surface area contributed by atoms with Gasteiger partial charge in [-0.1, -0.05) is 18.2 Å². The zero-order valence-electron chi connectivity index (χ0n) is 25.4. The number of carbonyl (C=O) groups is 1. The van der Waals surface area contributed by atoms with E-state index in [0.29, 0.717) is 40.3 Å². The van der Waals surface area contributed by atoms with Crippen LogP contribution in [0, 0.1) is 0 Å². The second kappa shape index (κ2) is 15.0. The van der Waals surface area contributed by atoms with E-state index in [-0.39, 0.29) is 44.3 Å². The lowest BCUT2D eigenvalue weighted by Gasteiger charge is -2.23. The highest BCUT2D eigenvalue weighted by Gasteiger charge is 2.36. The number of nitrogens with zero attached hydrogens (tertiary/aromatic N) is 3. The summed E-state index contributed by atoms with van der Waals surface area (Å²) in [6.07, 6.45) is 3.79. The van der Waals surface area contributed by atoms with E-state index in [2.05, 4.69) is 15.3 Å². The van der Waals surface area contributed by atoms with Crippen molar-refractivity contribution in [2.24, 2.45) is 0 Å². The molecular formula is C30H39N5O7P2. The number of aromatic nitrogens is 3. The van der Waals surface area contributed by atoms with Crippen molar-refractivity contribution >= 4 is 37.7 Å². The SMILES string of the molecule is CCOP(=O)(CCCNC(=O)c1cccc(-n2cc(-c3cccc(OC)c3)c3c(N)ncnc32)c1)CP(=O)(OCC)OCC. The lowest BCUT2D eigenvalue weighted by molar-refractivity contribution is 0.0953. The lowest BCUT2D eigenvalue weighted by atomic mass is 10.1. The summed E-state index contributed by atoms with van der Waals surface area (Å²) < 4.78 is 49.9. The minimum absolute atomic E-state index is 0.120. The van der Waals surface area contributed by atoms with Gasteiger partial charge < -0.3 is 33.9 Å². The molecule has 0 fully saturated rings. The number of hydrogen-bond acceptors (Lipinski definition) is 10. The average molecular weight is 644 g/mol. The summed E-state index contributed by atoms with van der Waals surface area (Å²) in [5.74, 6) is 0.435. The number of nitrogens with two attached hydrogens (primary N) is 1. The zero-order valence-corrected chi connectivity index (χ0v) is 27.2. The van der Waals surface area contributed by atoms with Crippen molar-refractivity contribution in [3.8, 4) is 22.6 Å². The third-order valence-corrected chi connectivity index (χ3v) is 12.9. The van der Waals surface area contributed by atoms with Gasteiger partial charge in [0, 0.05) is 35.7 Å². The highest BCUT2D eigenvalue weighted by molar-refractivity contribution is 7.73. The Morgan fingerprint density at radius 1 is 0.977 bits per heavy atom. The molecule has 0 saturated carbocycles. The quantitative estimate of drug-likeness (QED) is 0.104. The Kier molecular flexibility index (Phi) is 11.4. The lowest BCUT2D eigenvalue weighted by Crippen LogP contribution is -2.25. The minimum Gasteiger partial charge on any atom is -0.497 e. The van der Waals surface area contributed by atoms with Crippen molar-refractivity contribution in [2.45, 2.75) is 27.2 Å². The van der Waals surface area contributed by atoms with E-state index in [1.54, 1.807) is 46.1 Å². The molecule has 0 aliphatic heterocycles. The molecular weight excluding hydrogens is 604 g/mol. The van der Waals surface area contributed by atoms with Gasteiger partial charge in [-0.25, -0.2) is 9.97 Å². The molecule has 2 aromatic carbocycles. The van der Waals surface area contributed by atoms with E-state index in [4.69, 9.17) is 24.0 Å². The van der Waals surface area contributed by atoms with E-state index in [1.165, 1.54) is 6.33 Å². The van der Waals surface area contributed by atoms with Gasteiger partial charge in [-0.15, -0.1) is 0 Å². The summed E-state index contributed by atoms with van der Waals surface area (Å²) in [6.45, 7) is 5.89. The van der Waals surface area contributed by atoms with E-state index < -0.39 is 15.0 Å². The van der Waals surface area contributed by atoms with E-state index in [1.807, 2.05) is 41.1 Å². The second-order valence-electron chi connectivity index (χ2n) is 9.81. The third-order valence-electron chi connectivity index (χ3n) is 6.75. The first-order valence-electron chi connectivity index (χ1n) is 14.4. The number of hydrogen-bond donors (Lipinski definition) is 2. The van der Waals surface area contributed by atoms with Gasteiger partial charge in [0.2, 0.25) is 7.37 Å². The molecule has 4 rings (SSSR count). The fraction of sp³-hybridized carbons (Fsp3) is 0.367. The Balaban J connectivity index is 1.50. The topological polar surface area (TPSA) is 157 Å². The van der Waals surface area contributed by atoms with Gasteiger partial charge in [0.25, 0.3) is 5.91 Å². The number of nitrogen functional groups attached to an aromatic ring is 1. The van der Waals surface area contributed by atoms with Gasteiger partial charge in [-0.2, -0.15) is 0 Å². The monoisotopic (exact) mass is 643 g/mol. The van der Waals surface area contributed by atoms with Crippen LogP contribution < -0.4 is 15.8 Å². The van der Waals surface area contributed by atoms with Gasteiger partial charge in [0.1, 0.15) is 23.8 Å². The number of ether oxygens (including phenoxy) is 1. The summed E-state index contributed by atoms with van der Waals surface area (Å²) in [6, 6.07) is 14.7. The number of anilines is 1. The van der Waals surface area contributed by atoms with E-state index in [9.17, 15) is 13.9 Å². The van der Waals surface area contributed by atoms with E-state index >= 15 is 0 Å². The number of nitrogens with one attached hydrogen (secondary N) is 1. The van der Waals surface area contributed by atoms with Crippen molar-refractivity contribution in [3.05, 3.63) is 66.6 Å². The van der Waals surface area contributed by atoms with Crippen LogP contribution in [-0.2, 0) is 22.7 Å². The molecule has 12 nitrogen and oxygen atoms in total. The Morgan fingerprint density at radius 2 is 1.70 bits per heavy atom. The molecule has 0 saturated heterocycles. The van der Waals surface area contributed by atoms with Crippen molar-refractivity contribution in [3.63, 3.8) is 0 Å². The molecule has 3 N–H and O–H groups in total. The molecule has 2 aromatic heterocycles. The van der Waals surface area contributed by atoms with Crippen molar-refractivity contribution < 1.29 is 32.2 Å². The summed E-state index contributed by atoms with van der Waals surface area (Å²) in [5.41, 5.74) is 9.73. The fourth-order valence-corrected chi connectivity index (χ4v) is 10.7. The smallest absolute Gasteiger partial charge is 0.340 e. The highest BCUT2D eigenvalue weighted by atomic mass is 31.2. The van der Waals surface area contributed by atoms with Crippen molar-refractivity contribution in [2.75, 3.05) is 51.3 Å². The van der Waals surface area contributed by atoms with Crippen LogP contribution in [0.1, 0.15) is 37.6 Å². The van der Waals surface area contributed by atoms with Gasteiger partial charge in [0.15, 0.2) is 5.65 Å². The van der Waals surface area contributed by atoms with Crippen LogP contribution in [0.5, 0.6) is 5.75 Å². The van der Waals surface area contributed by atoms with E-state index in [0.717, 1.165) is 11.1 Å². The van der Waals surface area contributed by atoms with Crippen LogP contribution in [0.3, 0.4) is 0 Å². The molecule has 0 aliphatic carbocycles. The molecule has 4 aromatic rings. The molecule has 1 unspecified atom stereocenters. The molecule has 14 heteroatoms. The average Bonchev–Trinajstić information content (AvgIpc) is 3.41. The van der Waals surface area contributed by atoms with Gasteiger partial charge >= 0.3 is 7.60 Å². The minimum atomic E-state index is -3.57. The first kappa shape index (κ1) is 33.4. The summed E-state index contributed by atoms with van der Waals surface area (Å²) in [5, 5.41) is 3.57. The molecule has 1 atom stereocenters. The fourth-order valence-electron chi connectivity index (χ4n) is 4.90. The standard InChI is InChI=1S/C30H39N5O7P2/c1-5-40-43(37,21-44(38,41-6-2)42-7-3)16-10-15-32-30(36)23-12-8-13-24(17-23)35-19-26(22-11-9-14-25(18-22)39-4)27-28(31)33-20-34-29(27)35/h8-9,11-14,17-20H,5-7,10,15-16,21H2,1-4H3,(H,32,36)(H2,31,33,34). The maximum Gasteiger partial charge on any atom is 0.340 e. The number of benzene rings is 2. The molecule has 236 valence electrons. The molecule has 0 radical (unpaired) electrons. The van der Waals surface area contributed by atoms with Crippen LogP contribution in [0.2, 0.25) is 0 Å². The first-order chi connectivity index (χ1) is 21.2. The van der Waals surface area contributed by atoms with Crippen LogP contribution >= 0.6 is 15.0 Å². The Bertz CT molecular complexity index is 1680. The number of methoxy groups -OCH3 is 1. The maximum absolute atomic E-state index is 13.5. The van der Waals surface area contributed by atoms with Crippen molar-refractivity contribution in [1.82, 2.24) is 19.9 Å². The Hall–Kier alpha value is -3.53. The molecule has 2 heterocycles. The highest BCUT2D eigenvalue weighted by Crippen LogP contribution is 2.63. The molecule has 0 aliphatic rings. The maximum atomic E-state index is 13.5. The molecule has 0 spiro atoms. The number of rotatable bonds is 16. The summed E-state index contributed by atoms with van der Waals surface area (Å²) in [4.78, 5) is 21.8. The third kappa shape index (κ3) is 7.94. The zero-order chi connectivity index (χ0) is 31.7. The van der Waals surface area contributed by atoms with Gasteiger partial charge in [0.05, 0.1) is 32.3 Å².